The zero-order chi connectivity index (χ0) is 17.1. The van der Waals surface area contributed by atoms with E-state index in [0.717, 1.165) is 30.8 Å². The average Bonchev–Trinajstić information content (AvgIpc) is 3.25. The number of hydrogen-bond donors (Lipinski definition) is 3. The number of nitrogens with zero attached hydrogens (tertiary/aromatic N) is 2. The molecule has 2 fully saturated rings. The fourth-order valence-electron chi connectivity index (χ4n) is 3.13. The number of carbonyl (C=O) groups is 2. The summed E-state index contributed by atoms with van der Waals surface area (Å²) in [5.41, 5.74) is 1.57. The molecule has 0 radical (unpaired) electrons. The normalized spacial score (nSPS) is 22.8. The number of carboxylic acids is 1. The first-order valence-corrected chi connectivity index (χ1v) is 8.45. The van der Waals surface area contributed by atoms with E-state index in [2.05, 4.69) is 20.5 Å². The molecule has 2 saturated carbocycles. The Morgan fingerprint density at radius 1 is 1.38 bits per heavy atom. The average molecular weight is 332 g/mol. The van der Waals surface area contributed by atoms with Crippen molar-refractivity contribution in [1.82, 2.24) is 15.2 Å². The molecule has 3 rings (SSSR count). The number of urea groups is 1. The number of carbonyl (C=O) groups excluding carboxylic acids is 1. The van der Waals surface area contributed by atoms with Gasteiger partial charge in [-0.05, 0) is 50.7 Å². The number of aromatic nitrogens is 1. The minimum absolute atomic E-state index is 0.0936. The molecule has 2 aliphatic carbocycles. The van der Waals surface area contributed by atoms with Crippen LogP contribution in [-0.2, 0) is 4.79 Å². The third-order valence-electron chi connectivity index (χ3n) is 4.65. The summed E-state index contributed by atoms with van der Waals surface area (Å²) in [5.74, 6) is -0.118. The van der Waals surface area contributed by atoms with Gasteiger partial charge in [0.25, 0.3) is 0 Å². The second-order valence-electron chi connectivity index (χ2n) is 6.87. The maximum Gasteiger partial charge on any atom is 0.319 e. The predicted molar refractivity (Wildman–Crippen MR) is 89.9 cm³/mol. The SMILES string of the molecule is Cc1cc(NC(=O)NC2CC(N(CC(=O)O)CC3CC3)C2)ccn1. The van der Waals surface area contributed by atoms with Crippen molar-refractivity contribution in [3.63, 3.8) is 0 Å². The molecule has 0 atom stereocenters. The lowest BCUT2D eigenvalue weighted by molar-refractivity contribution is -0.139. The van der Waals surface area contributed by atoms with E-state index < -0.39 is 5.97 Å². The van der Waals surface area contributed by atoms with Gasteiger partial charge in [-0.1, -0.05) is 0 Å². The van der Waals surface area contributed by atoms with Gasteiger partial charge in [-0.15, -0.1) is 0 Å². The highest BCUT2D eigenvalue weighted by Crippen LogP contribution is 2.33. The van der Waals surface area contributed by atoms with Crippen LogP contribution in [0.2, 0.25) is 0 Å². The molecule has 1 aromatic heterocycles. The summed E-state index contributed by atoms with van der Waals surface area (Å²) < 4.78 is 0. The van der Waals surface area contributed by atoms with Gasteiger partial charge in [-0.3, -0.25) is 14.7 Å². The van der Waals surface area contributed by atoms with Gasteiger partial charge in [0.1, 0.15) is 0 Å². The van der Waals surface area contributed by atoms with Gasteiger partial charge in [0.2, 0.25) is 0 Å². The Morgan fingerprint density at radius 2 is 2.12 bits per heavy atom. The van der Waals surface area contributed by atoms with Gasteiger partial charge in [0.15, 0.2) is 0 Å². The van der Waals surface area contributed by atoms with Crippen LogP contribution in [0.3, 0.4) is 0 Å². The first-order chi connectivity index (χ1) is 11.5. The minimum Gasteiger partial charge on any atom is -0.480 e. The van der Waals surface area contributed by atoms with Crippen LogP contribution in [0.1, 0.15) is 31.4 Å². The number of amides is 2. The third kappa shape index (κ3) is 4.67. The van der Waals surface area contributed by atoms with Crippen molar-refractivity contribution >= 4 is 17.7 Å². The number of aryl methyl sites for hydroxylation is 1. The van der Waals surface area contributed by atoms with Crippen molar-refractivity contribution in [2.24, 2.45) is 5.92 Å². The number of hydrogen-bond acceptors (Lipinski definition) is 4. The Labute approximate surface area is 141 Å². The number of pyridine rings is 1. The molecule has 3 N–H and O–H groups in total. The van der Waals surface area contributed by atoms with Gasteiger partial charge in [0.05, 0.1) is 6.54 Å². The van der Waals surface area contributed by atoms with E-state index in [0.29, 0.717) is 5.92 Å². The molecular weight excluding hydrogens is 308 g/mol. The molecule has 2 aliphatic rings. The zero-order valence-corrected chi connectivity index (χ0v) is 13.9. The molecule has 1 aromatic rings. The highest BCUT2D eigenvalue weighted by atomic mass is 16.4. The number of nitrogens with one attached hydrogen (secondary N) is 2. The molecule has 0 aromatic carbocycles. The lowest BCUT2D eigenvalue weighted by atomic mass is 9.85. The Bertz CT molecular complexity index is 612. The van der Waals surface area contributed by atoms with Crippen LogP contribution >= 0.6 is 0 Å². The van der Waals surface area contributed by atoms with E-state index in [1.54, 1.807) is 12.3 Å². The first-order valence-electron chi connectivity index (χ1n) is 8.45. The van der Waals surface area contributed by atoms with Gasteiger partial charge in [0, 0.05) is 36.2 Å². The Morgan fingerprint density at radius 3 is 2.75 bits per heavy atom. The van der Waals surface area contributed by atoms with E-state index in [-0.39, 0.29) is 24.7 Å². The Balaban J connectivity index is 1.43. The van der Waals surface area contributed by atoms with Gasteiger partial charge < -0.3 is 15.7 Å². The minimum atomic E-state index is -0.780. The van der Waals surface area contributed by atoms with Crippen LogP contribution in [0.25, 0.3) is 0 Å². The second-order valence-corrected chi connectivity index (χ2v) is 6.87. The lowest BCUT2D eigenvalue weighted by Crippen LogP contribution is -2.55. The Hall–Kier alpha value is -2.15. The van der Waals surface area contributed by atoms with Crippen molar-refractivity contribution in [2.75, 3.05) is 18.4 Å². The standard InChI is InChI=1S/C17H24N4O3/c1-11-6-13(4-5-18-11)19-17(24)20-14-7-15(8-14)21(10-16(22)23)9-12-2-3-12/h4-6,12,14-15H,2-3,7-10H2,1H3,(H,22,23)(H2,18,19,20,24). The highest BCUT2D eigenvalue weighted by molar-refractivity contribution is 5.89. The topological polar surface area (TPSA) is 94.6 Å². The summed E-state index contributed by atoms with van der Waals surface area (Å²) >= 11 is 0. The largest absolute Gasteiger partial charge is 0.480 e. The summed E-state index contributed by atoms with van der Waals surface area (Å²) in [7, 11) is 0. The van der Waals surface area contributed by atoms with E-state index in [1.807, 2.05) is 13.0 Å². The molecule has 0 bridgehead atoms. The molecule has 0 unspecified atom stereocenters. The summed E-state index contributed by atoms with van der Waals surface area (Å²) in [5, 5.41) is 14.8. The van der Waals surface area contributed by atoms with Crippen molar-refractivity contribution in [3.8, 4) is 0 Å². The smallest absolute Gasteiger partial charge is 0.319 e. The first kappa shape index (κ1) is 16.7. The van der Waals surface area contributed by atoms with E-state index in [4.69, 9.17) is 5.11 Å². The molecule has 7 heteroatoms. The van der Waals surface area contributed by atoms with Crippen molar-refractivity contribution in [2.45, 2.75) is 44.7 Å². The maximum atomic E-state index is 12.0. The fraction of sp³-hybridized carbons (Fsp3) is 0.588. The third-order valence-corrected chi connectivity index (χ3v) is 4.65. The maximum absolute atomic E-state index is 12.0. The predicted octanol–water partition coefficient (Wildman–Crippen LogP) is 1.84. The quantitative estimate of drug-likeness (QED) is 0.708. The molecule has 130 valence electrons. The van der Waals surface area contributed by atoms with Gasteiger partial charge in [-0.2, -0.15) is 0 Å². The molecule has 0 spiro atoms. The molecular formula is C17H24N4O3. The van der Waals surface area contributed by atoms with Crippen LogP contribution in [0.15, 0.2) is 18.3 Å². The zero-order valence-electron chi connectivity index (χ0n) is 13.9. The second kappa shape index (κ2) is 7.17. The van der Waals surface area contributed by atoms with Crippen LogP contribution < -0.4 is 10.6 Å². The fourth-order valence-corrected chi connectivity index (χ4v) is 3.13. The number of aliphatic carboxylic acids is 1. The summed E-state index contributed by atoms with van der Waals surface area (Å²) in [6.07, 6.45) is 5.69. The Kier molecular flexibility index (Phi) is 4.99. The van der Waals surface area contributed by atoms with Crippen LogP contribution in [0.5, 0.6) is 0 Å². The number of anilines is 1. The lowest BCUT2D eigenvalue weighted by Gasteiger charge is -2.42. The van der Waals surface area contributed by atoms with E-state index in [1.165, 1.54) is 12.8 Å². The summed E-state index contributed by atoms with van der Waals surface area (Å²) in [6, 6.07) is 3.70. The van der Waals surface area contributed by atoms with Crippen molar-refractivity contribution in [1.29, 1.82) is 0 Å². The monoisotopic (exact) mass is 332 g/mol. The molecule has 2 amide bonds. The number of carboxylic acid groups (broad SMARTS) is 1. The highest BCUT2D eigenvalue weighted by Gasteiger charge is 2.37. The molecule has 1 heterocycles. The molecule has 0 saturated heterocycles. The summed E-state index contributed by atoms with van der Waals surface area (Å²) in [6.45, 7) is 2.83. The van der Waals surface area contributed by atoms with Crippen LogP contribution in [-0.4, -0.2) is 52.2 Å². The van der Waals surface area contributed by atoms with E-state index in [9.17, 15) is 9.59 Å². The van der Waals surface area contributed by atoms with Crippen molar-refractivity contribution < 1.29 is 14.7 Å². The summed E-state index contributed by atoms with van der Waals surface area (Å²) in [4.78, 5) is 29.2. The van der Waals surface area contributed by atoms with E-state index >= 15 is 0 Å². The molecule has 24 heavy (non-hydrogen) atoms. The number of rotatable bonds is 7. The molecule has 0 aliphatic heterocycles. The van der Waals surface area contributed by atoms with Gasteiger partial charge >= 0.3 is 12.0 Å². The van der Waals surface area contributed by atoms with Gasteiger partial charge in [-0.25, -0.2) is 4.79 Å². The van der Waals surface area contributed by atoms with Crippen LogP contribution in [0, 0.1) is 12.8 Å². The van der Waals surface area contributed by atoms with Crippen LogP contribution in [0.4, 0.5) is 10.5 Å². The molecule has 7 nitrogen and oxygen atoms in total. The van der Waals surface area contributed by atoms with Crippen molar-refractivity contribution in [3.05, 3.63) is 24.0 Å².